The molecule has 126 valence electrons. The van der Waals surface area contributed by atoms with Crippen molar-refractivity contribution >= 4 is 44.9 Å². The summed E-state index contributed by atoms with van der Waals surface area (Å²) in [5, 5.41) is -0.368. The number of halogens is 1. The minimum Gasteiger partial charge on any atom is -0.493 e. The lowest BCUT2D eigenvalue weighted by Crippen LogP contribution is -2.28. The van der Waals surface area contributed by atoms with Gasteiger partial charge in [0.05, 0.1) is 29.1 Å². The number of benzene rings is 1. The van der Waals surface area contributed by atoms with Crippen LogP contribution < -0.4 is 9.47 Å². The molecule has 0 aliphatic carbocycles. The highest BCUT2D eigenvalue weighted by Crippen LogP contribution is 2.38. The molecule has 7 heteroatoms. The van der Waals surface area contributed by atoms with E-state index in [9.17, 15) is 9.59 Å². The Bertz CT molecular complexity index is 739. The van der Waals surface area contributed by atoms with Crippen LogP contribution in [0.1, 0.15) is 19.4 Å². The van der Waals surface area contributed by atoms with E-state index < -0.39 is 5.91 Å². The molecule has 1 aromatic carbocycles. The van der Waals surface area contributed by atoms with E-state index in [4.69, 9.17) is 15.9 Å². The summed E-state index contributed by atoms with van der Waals surface area (Å²) < 4.78 is 11.9. The number of hydrogen-bond acceptors (Lipinski definition) is 5. The number of amides is 2. The number of imide groups is 1. The van der Waals surface area contributed by atoms with Crippen molar-refractivity contribution in [3.8, 4) is 23.8 Å². The summed E-state index contributed by atoms with van der Waals surface area (Å²) in [6, 6.07) is 3.56. The molecule has 0 spiro atoms. The molecule has 1 aliphatic rings. The Hall–Kier alpha value is -1.91. The van der Waals surface area contributed by atoms with Crippen molar-refractivity contribution in [1.29, 1.82) is 0 Å². The van der Waals surface area contributed by atoms with Crippen molar-refractivity contribution in [3.05, 3.63) is 27.1 Å². The minimum absolute atomic E-state index is 0.0344. The van der Waals surface area contributed by atoms with Crippen LogP contribution in [-0.2, 0) is 4.79 Å². The van der Waals surface area contributed by atoms with Gasteiger partial charge in [0, 0.05) is 11.6 Å². The van der Waals surface area contributed by atoms with Gasteiger partial charge in [0.1, 0.15) is 11.5 Å². The van der Waals surface area contributed by atoms with Crippen LogP contribution in [0.25, 0.3) is 6.08 Å². The molecule has 24 heavy (non-hydrogen) atoms. The maximum Gasteiger partial charge on any atom is 0.294 e. The third kappa shape index (κ3) is 3.94. The number of rotatable bonds is 6. The van der Waals surface area contributed by atoms with E-state index in [0.29, 0.717) is 35.2 Å². The van der Waals surface area contributed by atoms with Gasteiger partial charge in [-0.15, -0.1) is 6.42 Å². The zero-order valence-corrected chi connectivity index (χ0v) is 15.7. The lowest BCUT2D eigenvalue weighted by Gasteiger charge is -2.12. The molecule has 0 atom stereocenters. The molecule has 1 saturated heterocycles. The van der Waals surface area contributed by atoms with Crippen molar-refractivity contribution in [2.75, 3.05) is 19.8 Å². The highest BCUT2D eigenvalue weighted by atomic mass is 79.9. The predicted octanol–water partition coefficient (Wildman–Crippen LogP) is 3.92. The fraction of sp³-hybridized carbons (Fsp3) is 0.294. The van der Waals surface area contributed by atoms with Crippen LogP contribution in [0, 0.1) is 12.3 Å². The molecule has 5 nitrogen and oxygen atoms in total. The van der Waals surface area contributed by atoms with Crippen molar-refractivity contribution in [1.82, 2.24) is 4.90 Å². The molecule has 0 radical (unpaired) electrons. The summed E-state index contributed by atoms with van der Waals surface area (Å²) in [5.74, 6) is 3.15. The largest absolute Gasteiger partial charge is 0.493 e. The fourth-order valence-corrected chi connectivity index (χ4v) is 3.38. The van der Waals surface area contributed by atoms with Gasteiger partial charge >= 0.3 is 0 Å². The second-order valence-corrected chi connectivity index (χ2v) is 6.51. The lowest BCUT2D eigenvalue weighted by molar-refractivity contribution is -0.122. The summed E-state index contributed by atoms with van der Waals surface area (Å²) in [6.45, 7) is 4.71. The van der Waals surface area contributed by atoms with Crippen molar-refractivity contribution in [3.63, 3.8) is 0 Å². The van der Waals surface area contributed by atoms with Gasteiger partial charge in [-0.1, -0.05) is 5.92 Å². The molecular formula is C17H16BrNO4S. The van der Waals surface area contributed by atoms with E-state index in [-0.39, 0.29) is 11.8 Å². The summed E-state index contributed by atoms with van der Waals surface area (Å²) in [7, 11) is 0. The van der Waals surface area contributed by atoms with Crippen LogP contribution in [0.4, 0.5) is 4.79 Å². The number of thioether (sulfide) groups is 1. The van der Waals surface area contributed by atoms with E-state index in [1.165, 1.54) is 0 Å². The van der Waals surface area contributed by atoms with Crippen LogP contribution in [0.2, 0.25) is 0 Å². The van der Waals surface area contributed by atoms with E-state index in [1.54, 1.807) is 18.2 Å². The first-order valence-corrected chi connectivity index (χ1v) is 8.90. The quantitative estimate of drug-likeness (QED) is 0.526. The van der Waals surface area contributed by atoms with Gasteiger partial charge in [-0.05, 0) is 53.7 Å². The second kappa shape index (κ2) is 8.27. The average molecular weight is 410 g/mol. The maximum absolute atomic E-state index is 12.3. The zero-order chi connectivity index (χ0) is 17.7. The van der Waals surface area contributed by atoms with Crippen molar-refractivity contribution in [2.45, 2.75) is 13.8 Å². The number of nitrogens with zero attached hydrogens (tertiary/aromatic N) is 1. The Morgan fingerprint density at radius 1 is 1.25 bits per heavy atom. The monoisotopic (exact) mass is 409 g/mol. The molecule has 2 rings (SSSR count). The van der Waals surface area contributed by atoms with Gasteiger partial charge in [-0.3, -0.25) is 14.5 Å². The van der Waals surface area contributed by atoms with Crippen molar-refractivity contribution < 1.29 is 19.1 Å². The van der Waals surface area contributed by atoms with Gasteiger partial charge in [-0.25, -0.2) is 0 Å². The van der Waals surface area contributed by atoms with Crippen LogP contribution in [0.5, 0.6) is 11.5 Å². The average Bonchev–Trinajstić information content (AvgIpc) is 2.80. The molecule has 0 N–H and O–H groups in total. The van der Waals surface area contributed by atoms with Crippen molar-refractivity contribution in [2.24, 2.45) is 0 Å². The molecular weight excluding hydrogens is 394 g/mol. The van der Waals surface area contributed by atoms with Gasteiger partial charge in [0.2, 0.25) is 0 Å². The van der Waals surface area contributed by atoms with E-state index in [1.807, 2.05) is 13.8 Å². The Morgan fingerprint density at radius 2 is 1.92 bits per heavy atom. The number of hydrogen-bond donors (Lipinski definition) is 0. The van der Waals surface area contributed by atoms with E-state index >= 15 is 0 Å². The molecule has 0 unspecified atom stereocenters. The highest BCUT2D eigenvalue weighted by Gasteiger charge is 2.34. The Balaban J connectivity index is 2.41. The first-order valence-electron chi connectivity index (χ1n) is 7.29. The molecule has 0 saturated carbocycles. The maximum atomic E-state index is 12.3. The van der Waals surface area contributed by atoms with E-state index in [2.05, 4.69) is 21.9 Å². The highest BCUT2D eigenvalue weighted by molar-refractivity contribution is 9.10. The van der Waals surface area contributed by atoms with Gasteiger partial charge in [0.25, 0.3) is 11.1 Å². The smallest absolute Gasteiger partial charge is 0.294 e. The molecule has 0 bridgehead atoms. The predicted molar refractivity (Wildman–Crippen MR) is 98.0 cm³/mol. The fourth-order valence-electron chi connectivity index (χ4n) is 2.08. The molecule has 1 aromatic rings. The molecule has 0 aromatic heterocycles. The minimum atomic E-state index is -0.393. The summed E-state index contributed by atoms with van der Waals surface area (Å²) in [5.41, 5.74) is 0.679. The summed E-state index contributed by atoms with van der Waals surface area (Å²) in [6.07, 6.45) is 6.83. The second-order valence-electron chi connectivity index (χ2n) is 4.66. The van der Waals surface area contributed by atoms with Gasteiger partial charge in [-0.2, -0.15) is 0 Å². The van der Waals surface area contributed by atoms with Crippen LogP contribution >= 0.6 is 27.7 Å². The van der Waals surface area contributed by atoms with Crippen LogP contribution in [-0.4, -0.2) is 35.8 Å². The summed E-state index contributed by atoms with van der Waals surface area (Å²) >= 11 is 4.31. The standard InChI is InChI=1S/C17H16BrNO4S/c1-4-7-19-16(20)15(24-17(19)21)9-11-8-12(18)14(23-6-3)10-13(11)22-5-2/h1,8-10H,5-7H2,2-3H3/b15-9+. The first kappa shape index (κ1) is 18.4. The number of carbonyl (C=O) groups is 2. The Kier molecular flexibility index (Phi) is 6.35. The lowest BCUT2D eigenvalue weighted by atomic mass is 10.1. The van der Waals surface area contributed by atoms with Gasteiger partial charge < -0.3 is 9.47 Å². The number of ether oxygens (including phenoxy) is 2. The topological polar surface area (TPSA) is 55.8 Å². The Labute approximate surface area is 153 Å². The number of carbonyl (C=O) groups excluding carboxylic acids is 2. The molecule has 1 aliphatic heterocycles. The normalized spacial score (nSPS) is 15.8. The summed E-state index contributed by atoms with van der Waals surface area (Å²) in [4.78, 5) is 25.5. The van der Waals surface area contributed by atoms with Crippen LogP contribution in [0.15, 0.2) is 21.5 Å². The number of terminal acetylenes is 1. The SMILES string of the molecule is C#CCN1C(=O)S/C(=C/c2cc(Br)c(OCC)cc2OCC)C1=O. The third-order valence-electron chi connectivity index (χ3n) is 3.07. The first-order chi connectivity index (χ1) is 11.5. The van der Waals surface area contributed by atoms with E-state index in [0.717, 1.165) is 21.1 Å². The molecule has 2 amide bonds. The van der Waals surface area contributed by atoms with Gasteiger partial charge in [0.15, 0.2) is 0 Å². The Morgan fingerprint density at radius 3 is 2.54 bits per heavy atom. The molecule has 1 heterocycles. The van der Waals surface area contributed by atoms with Crippen LogP contribution in [0.3, 0.4) is 0 Å². The molecule has 1 fully saturated rings. The third-order valence-corrected chi connectivity index (χ3v) is 4.60. The zero-order valence-electron chi connectivity index (χ0n) is 13.3.